The van der Waals surface area contributed by atoms with Gasteiger partial charge in [0.25, 0.3) is 0 Å². The normalized spacial score (nSPS) is 16.6. The lowest BCUT2D eigenvalue weighted by Gasteiger charge is -2.33. The molecule has 1 saturated heterocycles. The van der Waals surface area contributed by atoms with Crippen molar-refractivity contribution in [3.05, 3.63) is 27.9 Å². The van der Waals surface area contributed by atoms with E-state index in [0.717, 1.165) is 43.4 Å². The molecule has 0 bridgehead atoms. The van der Waals surface area contributed by atoms with Crippen LogP contribution >= 0.6 is 22.7 Å². The number of hydrogen-bond acceptors (Lipinski definition) is 5. The van der Waals surface area contributed by atoms with E-state index in [1.54, 1.807) is 29.6 Å². The number of carbonyl (C=O) groups excluding carboxylic acids is 1. The van der Waals surface area contributed by atoms with Crippen molar-refractivity contribution in [2.45, 2.75) is 13.5 Å². The molecule has 0 spiro atoms. The lowest BCUT2D eigenvalue weighted by Crippen LogP contribution is -2.47. The van der Waals surface area contributed by atoms with E-state index < -0.39 is 0 Å². The predicted octanol–water partition coefficient (Wildman–Crippen LogP) is 2.54. The number of thiophene rings is 1. The highest BCUT2D eigenvalue weighted by Crippen LogP contribution is 2.26. The molecule has 6 heteroatoms. The van der Waals surface area contributed by atoms with Crippen LogP contribution in [0.4, 0.5) is 0 Å². The number of piperazine rings is 1. The molecule has 0 unspecified atom stereocenters. The van der Waals surface area contributed by atoms with Crippen molar-refractivity contribution < 1.29 is 4.79 Å². The van der Waals surface area contributed by atoms with E-state index in [2.05, 4.69) is 27.8 Å². The SMILES string of the molecule is CC(=O)N1CCN(Cc2nc(-c3cccs3)cs2)CC1. The lowest BCUT2D eigenvalue weighted by atomic mass is 10.3. The van der Waals surface area contributed by atoms with Crippen molar-refractivity contribution in [2.75, 3.05) is 26.2 Å². The molecule has 0 aliphatic carbocycles. The summed E-state index contributed by atoms with van der Waals surface area (Å²) in [7, 11) is 0. The summed E-state index contributed by atoms with van der Waals surface area (Å²) in [6.45, 7) is 6.07. The Morgan fingerprint density at radius 3 is 2.75 bits per heavy atom. The van der Waals surface area contributed by atoms with Gasteiger partial charge < -0.3 is 4.90 Å². The Bertz CT molecular complexity index is 571. The van der Waals surface area contributed by atoms with Gasteiger partial charge in [0.2, 0.25) is 5.91 Å². The van der Waals surface area contributed by atoms with E-state index in [0.29, 0.717) is 0 Å². The molecule has 2 aromatic heterocycles. The van der Waals surface area contributed by atoms with Gasteiger partial charge in [-0.05, 0) is 11.4 Å². The summed E-state index contributed by atoms with van der Waals surface area (Å²) in [5, 5.41) is 5.37. The van der Waals surface area contributed by atoms with Crippen molar-refractivity contribution in [1.29, 1.82) is 0 Å². The van der Waals surface area contributed by atoms with Gasteiger partial charge in [0, 0.05) is 38.5 Å². The minimum absolute atomic E-state index is 0.180. The van der Waals surface area contributed by atoms with Crippen LogP contribution in [-0.2, 0) is 11.3 Å². The van der Waals surface area contributed by atoms with E-state index >= 15 is 0 Å². The summed E-state index contributed by atoms with van der Waals surface area (Å²) in [5.41, 5.74) is 1.09. The molecule has 2 aromatic rings. The standard InChI is InChI=1S/C14H17N3OS2/c1-11(18)17-6-4-16(5-7-17)9-14-15-12(10-20-14)13-3-2-8-19-13/h2-3,8,10H,4-7,9H2,1H3. The maximum atomic E-state index is 11.3. The van der Waals surface area contributed by atoms with Gasteiger partial charge in [-0.2, -0.15) is 0 Å². The maximum Gasteiger partial charge on any atom is 0.219 e. The Kier molecular flexibility index (Phi) is 4.14. The summed E-state index contributed by atoms with van der Waals surface area (Å²) in [5.74, 6) is 0.180. The van der Waals surface area contributed by atoms with E-state index in [-0.39, 0.29) is 5.91 Å². The molecule has 106 valence electrons. The summed E-state index contributed by atoms with van der Waals surface area (Å²) in [4.78, 5) is 21.5. The number of amides is 1. The van der Waals surface area contributed by atoms with Crippen LogP contribution < -0.4 is 0 Å². The van der Waals surface area contributed by atoms with E-state index in [1.807, 2.05) is 4.90 Å². The number of aromatic nitrogens is 1. The van der Waals surface area contributed by atoms with Crippen LogP contribution in [0.25, 0.3) is 10.6 Å². The van der Waals surface area contributed by atoms with Gasteiger partial charge in [0.05, 0.1) is 17.1 Å². The zero-order valence-corrected chi connectivity index (χ0v) is 13.0. The first kappa shape index (κ1) is 13.7. The zero-order chi connectivity index (χ0) is 13.9. The average Bonchev–Trinajstić information content (AvgIpc) is 3.09. The second-order valence-electron chi connectivity index (χ2n) is 4.89. The number of rotatable bonds is 3. The second-order valence-corrected chi connectivity index (χ2v) is 6.78. The number of hydrogen-bond donors (Lipinski definition) is 0. The Balaban J connectivity index is 1.58. The van der Waals surface area contributed by atoms with Gasteiger partial charge in [-0.3, -0.25) is 9.69 Å². The van der Waals surface area contributed by atoms with Crippen LogP contribution in [0.3, 0.4) is 0 Å². The van der Waals surface area contributed by atoms with Gasteiger partial charge in [-0.15, -0.1) is 22.7 Å². The average molecular weight is 307 g/mol. The lowest BCUT2D eigenvalue weighted by molar-refractivity contribution is -0.130. The van der Waals surface area contributed by atoms with Crippen LogP contribution in [0.5, 0.6) is 0 Å². The van der Waals surface area contributed by atoms with Crippen molar-refractivity contribution in [3.63, 3.8) is 0 Å². The summed E-state index contributed by atoms with van der Waals surface area (Å²) >= 11 is 3.45. The molecule has 0 saturated carbocycles. The molecular weight excluding hydrogens is 290 g/mol. The van der Waals surface area contributed by atoms with E-state index in [4.69, 9.17) is 4.98 Å². The molecule has 1 aliphatic heterocycles. The Hall–Kier alpha value is -1.24. The number of nitrogens with zero attached hydrogens (tertiary/aromatic N) is 3. The molecule has 0 atom stereocenters. The van der Waals surface area contributed by atoms with Crippen LogP contribution in [0.2, 0.25) is 0 Å². The zero-order valence-electron chi connectivity index (χ0n) is 11.4. The third-order valence-electron chi connectivity index (χ3n) is 3.50. The van der Waals surface area contributed by atoms with E-state index in [9.17, 15) is 4.79 Å². The Morgan fingerprint density at radius 2 is 2.10 bits per heavy atom. The molecule has 1 fully saturated rings. The van der Waals surface area contributed by atoms with Crippen LogP contribution in [0, 0.1) is 0 Å². The van der Waals surface area contributed by atoms with Crippen molar-refractivity contribution in [1.82, 2.24) is 14.8 Å². The van der Waals surface area contributed by atoms with E-state index in [1.165, 1.54) is 4.88 Å². The fourth-order valence-corrected chi connectivity index (χ4v) is 3.93. The first-order valence-electron chi connectivity index (χ1n) is 6.68. The summed E-state index contributed by atoms with van der Waals surface area (Å²) in [6.07, 6.45) is 0. The molecule has 0 aromatic carbocycles. The van der Waals surface area contributed by atoms with Gasteiger partial charge >= 0.3 is 0 Å². The molecule has 0 N–H and O–H groups in total. The summed E-state index contributed by atoms with van der Waals surface area (Å²) in [6, 6.07) is 4.16. The molecule has 1 aliphatic rings. The van der Waals surface area contributed by atoms with Crippen molar-refractivity contribution in [2.24, 2.45) is 0 Å². The topological polar surface area (TPSA) is 36.4 Å². The van der Waals surface area contributed by atoms with Crippen molar-refractivity contribution >= 4 is 28.6 Å². The van der Waals surface area contributed by atoms with Crippen LogP contribution in [0.15, 0.2) is 22.9 Å². The van der Waals surface area contributed by atoms with Crippen molar-refractivity contribution in [3.8, 4) is 10.6 Å². The largest absolute Gasteiger partial charge is 0.340 e. The first-order valence-corrected chi connectivity index (χ1v) is 8.44. The molecule has 3 heterocycles. The smallest absolute Gasteiger partial charge is 0.219 e. The third-order valence-corrected chi connectivity index (χ3v) is 5.23. The highest BCUT2D eigenvalue weighted by molar-refractivity contribution is 7.14. The third kappa shape index (κ3) is 3.08. The predicted molar refractivity (Wildman–Crippen MR) is 83.0 cm³/mol. The molecule has 0 radical (unpaired) electrons. The fraction of sp³-hybridized carbons (Fsp3) is 0.429. The highest BCUT2D eigenvalue weighted by Gasteiger charge is 2.19. The van der Waals surface area contributed by atoms with Gasteiger partial charge in [-0.25, -0.2) is 4.98 Å². The van der Waals surface area contributed by atoms with Gasteiger partial charge in [0.15, 0.2) is 0 Å². The first-order chi connectivity index (χ1) is 9.72. The minimum Gasteiger partial charge on any atom is -0.340 e. The Morgan fingerprint density at radius 1 is 1.30 bits per heavy atom. The Labute approximate surface area is 126 Å². The van der Waals surface area contributed by atoms with Crippen LogP contribution in [-0.4, -0.2) is 46.9 Å². The second kappa shape index (κ2) is 6.03. The van der Waals surface area contributed by atoms with Gasteiger partial charge in [-0.1, -0.05) is 6.07 Å². The van der Waals surface area contributed by atoms with Gasteiger partial charge in [0.1, 0.15) is 5.01 Å². The molecular formula is C14H17N3OS2. The molecule has 1 amide bonds. The number of thiazole rings is 1. The quantitative estimate of drug-likeness (QED) is 0.874. The highest BCUT2D eigenvalue weighted by atomic mass is 32.1. The monoisotopic (exact) mass is 307 g/mol. The summed E-state index contributed by atoms with van der Waals surface area (Å²) < 4.78 is 0. The van der Waals surface area contributed by atoms with Crippen LogP contribution in [0.1, 0.15) is 11.9 Å². The molecule has 4 nitrogen and oxygen atoms in total. The minimum atomic E-state index is 0.180. The molecule has 3 rings (SSSR count). The maximum absolute atomic E-state index is 11.3. The fourth-order valence-electron chi connectivity index (χ4n) is 2.33. The number of carbonyl (C=O) groups is 1. The molecule has 20 heavy (non-hydrogen) atoms.